The van der Waals surface area contributed by atoms with E-state index in [-0.39, 0.29) is 23.5 Å². The monoisotopic (exact) mass is 282 g/mol. The number of carbonyl (C=O) groups excluding carboxylic acids is 2. The third-order valence-corrected chi connectivity index (χ3v) is 3.60. The lowest BCUT2D eigenvalue weighted by Gasteiger charge is -2.11. The molecule has 21 heavy (non-hydrogen) atoms. The van der Waals surface area contributed by atoms with Gasteiger partial charge < -0.3 is 9.84 Å². The first-order chi connectivity index (χ1) is 10.1. The Labute approximate surface area is 122 Å². The van der Waals surface area contributed by atoms with E-state index in [4.69, 9.17) is 4.74 Å². The summed E-state index contributed by atoms with van der Waals surface area (Å²) < 4.78 is 5.25. The van der Waals surface area contributed by atoms with Crippen LogP contribution >= 0.6 is 0 Å². The van der Waals surface area contributed by atoms with Gasteiger partial charge in [0.1, 0.15) is 11.9 Å². The van der Waals surface area contributed by atoms with Crippen LogP contribution in [0.2, 0.25) is 0 Å². The molecule has 0 amide bonds. The fourth-order valence-corrected chi connectivity index (χ4v) is 2.52. The number of esters is 1. The molecule has 106 valence electrons. The second-order valence-corrected chi connectivity index (χ2v) is 5.13. The van der Waals surface area contributed by atoms with Gasteiger partial charge in [-0.1, -0.05) is 29.8 Å². The Balaban J connectivity index is 1.87. The molecule has 1 unspecified atom stereocenters. The Morgan fingerprint density at radius 3 is 2.81 bits per heavy atom. The van der Waals surface area contributed by atoms with E-state index in [0.717, 1.165) is 11.1 Å². The maximum absolute atomic E-state index is 12.3. The first kappa shape index (κ1) is 13.4. The van der Waals surface area contributed by atoms with Crippen LogP contribution in [0.15, 0.2) is 42.5 Å². The van der Waals surface area contributed by atoms with E-state index in [1.165, 1.54) is 6.07 Å². The highest BCUT2D eigenvalue weighted by Crippen LogP contribution is 2.34. The summed E-state index contributed by atoms with van der Waals surface area (Å²) in [5.74, 6) is -0.703. The van der Waals surface area contributed by atoms with E-state index < -0.39 is 12.1 Å². The highest BCUT2D eigenvalue weighted by atomic mass is 16.5. The van der Waals surface area contributed by atoms with Gasteiger partial charge in [-0.25, -0.2) is 4.79 Å². The predicted octanol–water partition coefficient (Wildman–Crippen LogP) is 3.19. The van der Waals surface area contributed by atoms with E-state index >= 15 is 0 Å². The van der Waals surface area contributed by atoms with Crippen molar-refractivity contribution in [2.24, 2.45) is 0 Å². The quantitative estimate of drug-likeness (QED) is 0.693. The number of aromatic hydroxyl groups is 1. The lowest BCUT2D eigenvalue weighted by Crippen LogP contribution is -2.08. The molecule has 0 saturated heterocycles. The third kappa shape index (κ3) is 2.40. The molecule has 2 aromatic rings. The molecule has 4 nitrogen and oxygen atoms in total. The smallest absolute Gasteiger partial charge is 0.339 e. The molecular formula is C17H14O4. The number of phenols is 1. The Morgan fingerprint density at radius 1 is 1.24 bits per heavy atom. The average Bonchev–Trinajstić information content (AvgIpc) is 2.78. The minimum atomic E-state index is -0.582. The molecule has 0 saturated carbocycles. The molecular weight excluding hydrogens is 268 g/mol. The zero-order valence-corrected chi connectivity index (χ0v) is 11.5. The number of cyclic esters (lactones) is 1. The van der Waals surface area contributed by atoms with Gasteiger partial charge in [-0.3, -0.25) is 4.79 Å². The minimum absolute atomic E-state index is 0.0275. The van der Waals surface area contributed by atoms with Crippen molar-refractivity contribution in [2.45, 2.75) is 19.4 Å². The van der Waals surface area contributed by atoms with Crippen molar-refractivity contribution in [1.29, 1.82) is 0 Å². The summed E-state index contributed by atoms with van der Waals surface area (Å²) >= 11 is 0. The van der Waals surface area contributed by atoms with E-state index in [9.17, 15) is 14.7 Å². The van der Waals surface area contributed by atoms with Crippen LogP contribution in [0.1, 0.15) is 44.4 Å². The number of aryl methyl sites for hydroxylation is 1. The van der Waals surface area contributed by atoms with Crippen LogP contribution in [-0.4, -0.2) is 16.9 Å². The average molecular weight is 282 g/mol. The highest BCUT2D eigenvalue weighted by molar-refractivity contribution is 6.00. The summed E-state index contributed by atoms with van der Waals surface area (Å²) in [6.45, 7) is 1.85. The Kier molecular flexibility index (Phi) is 3.22. The topological polar surface area (TPSA) is 63.6 Å². The van der Waals surface area contributed by atoms with Crippen molar-refractivity contribution in [3.63, 3.8) is 0 Å². The third-order valence-electron chi connectivity index (χ3n) is 3.60. The van der Waals surface area contributed by atoms with E-state index in [1.54, 1.807) is 30.3 Å². The summed E-state index contributed by atoms with van der Waals surface area (Å²) in [6, 6.07) is 11.9. The zero-order chi connectivity index (χ0) is 15.0. The van der Waals surface area contributed by atoms with Gasteiger partial charge >= 0.3 is 5.97 Å². The highest BCUT2D eigenvalue weighted by Gasteiger charge is 2.32. The molecule has 3 rings (SSSR count). The number of hydrogen-bond acceptors (Lipinski definition) is 4. The first-order valence-corrected chi connectivity index (χ1v) is 6.69. The second-order valence-electron chi connectivity index (χ2n) is 5.13. The van der Waals surface area contributed by atoms with E-state index in [1.807, 2.05) is 13.0 Å². The Bertz CT molecular complexity index is 733. The van der Waals surface area contributed by atoms with Gasteiger partial charge in [0.25, 0.3) is 0 Å². The Hall–Kier alpha value is -2.62. The van der Waals surface area contributed by atoms with Crippen molar-refractivity contribution in [3.05, 3.63) is 64.7 Å². The molecule has 0 aliphatic carbocycles. The number of phenolic OH excluding ortho intramolecular Hbond substituents is 1. The van der Waals surface area contributed by atoms with Gasteiger partial charge in [-0.2, -0.15) is 0 Å². The van der Waals surface area contributed by atoms with Gasteiger partial charge in [-0.15, -0.1) is 0 Å². The molecule has 1 atom stereocenters. The molecule has 0 radical (unpaired) electrons. The molecule has 4 heteroatoms. The number of carbonyl (C=O) groups is 2. The number of benzene rings is 2. The summed E-state index contributed by atoms with van der Waals surface area (Å²) in [6.07, 6.45) is -0.555. The molecule has 1 aliphatic heterocycles. The Morgan fingerprint density at radius 2 is 2.00 bits per heavy atom. The van der Waals surface area contributed by atoms with Gasteiger partial charge in [0.05, 0.1) is 17.5 Å². The molecule has 0 aromatic heterocycles. The van der Waals surface area contributed by atoms with Crippen molar-refractivity contribution >= 4 is 11.8 Å². The standard InChI is InChI=1S/C17H14O4/c1-10-6-7-14(18)13(8-10)15(19)9-16-11-4-2-3-5-12(11)17(20)21-16/h2-8,16,18H,9H2,1H3. The lowest BCUT2D eigenvalue weighted by atomic mass is 9.97. The number of ether oxygens (including phenoxy) is 1. The summed E-state index contributed by atoms with van der Waals surface area (Å²) in [5, 5.41) is 9.80. The number of Topliss-reactive ketones (excluding diaryl/α,β-unsaturated/α-hetero) is 1. The molecule has 0 fully saturated rings. The molecule has 2 aromatic carbocycles. The van der Waals surface area contributed by atoms with Crippen LogP contribution in [0.25, 0.3) is 0 Å². The second kappa shape index (κ2) is 5.05. The maximum Gasteiger partial charge on any atom is 0.339 e. The van der Waals surface area contributed by atoms with Crippen LogP contribution in [0.4, 0.5) is 0 Å². The number of ketones is 1. The molecule has 0 bridgehead atoms. The van der Waals surface area contributed by atoms with Crippen molar-refractivity contribution in [3.8, 4) is 5.75 Å². The first-order valence-electron chi connectivity index (χ1n) is 6.69. The van der Waals surface area contributed by atoms with Gasteiger partial charge in [-0.05, 0) is 25.1 Å². The minimum Gasteiger partial charge on any atom is -0.507 e. The summed E-state index contributed by atoms with van der Waals surface area (Å²) in [4.78, 5) is 24.1. The van der Waals surface area contributed by atoms with Crippen molar-refractivity contribution < 1.29 is 19.4 Å². The SMILES string of the molecule is Cc1ccc(O)c(C(=O)CC2OC(=O)c3ccccc32)c1. The van der Waals surface area contributed by atoms with Crippen LogP contribution in [0.3, 0.4) is 0 Å². The number of fused-ring (bicyclic) bond motifs is 1. The van der Waals surface area contributed by atoms with Gasteiger partial charge in [0.15, 0.2) is 5.78 Å². The lowest BCUT2D eigenvalue weighted by molar-refractivity contribution is 0.0367. The van der Waals surface area contributed by atoms with E-state index in [0.29, 0.717) is 5.56 Å². The van der Waals surface area contributed by atoms with Crippen LogP contribution < -0.4 is 0 Å². The fraction of sp³-hybridized carbons (Fsp3) is 0.176. The van der Waals surface area contributed by atoms with Gasteiger partial charge in [0.2, 0.25) is 0 Å². The van der Waals surface area contributed by atoms with Crippen LogP contribution in [0, 0.1) is 6.92 Å². The van der Waals surface area contributed by atoms with Crippen LogP contribution in [0.5, 0.6) is 5.75 Å². The maximum atomic E-state index is 12.3. The van der Waals surface area contributed by atoms with Crippen LogP contribution in [-0.2, 0) is 4.74 Å². The molecule has 1 heterocycles. The predicted molar refractivity (Wildman–Crippen MR) is 76.4 cm³/mol. The zero-order valence-electron chi connectivity index (χ0n) is 11.5. The van der Waals surface area contributed by atoms with Gasteiger partial charge in [0, 0.05) is 5.56 Å². The largest absolute Gasteiger partial charge is 0.507 e. The molecule has 0 spiro atoms. The van der Waals surface area contributed by atoms with Crippen molar-refractivity contribution in [1.82, 2.24) is 0 Å². The summed E-state index contributed by atoms with van der Waals surface area (Å²) in [7, 11) is 0. The number of rotatable bonds is 3. The normalized spacial score (nSPS) is 16.4. The fourth-order valence-electron chi connectivity index (χ4n) is 2.52. The summed E-state index contributed by atoms with van der Waals surface area (Å²) in [5.41, 5.74) is 2.38. The van der Waals surface area contributed by atoms with E-state index in [2.05, 4.69) is 0 Å². The molecule has 1 N–H and O–H groups in total. The number of hydrogen-bond donors (Lipinski definition) is 1. The van der Waals surface area contributed by atoms with Crippen molar-refractivity contribution in [2.75, 3.05) is 0 Å². The molecule has 1 aliphatic rings.